The molecule has 0 radical (unpaired) electrons. The molecule has 1 aliphatic heterocycles. The lowest BCUT2D eigenvalue weighted by Crippen LogP contribution is -2.35. The van der Waals surface area contributed by atoms with E-state index in [0.29, 0.717) is 0 Å². The van der Waals surface area contributed by atoms with Crippen molar-refractivity contribution in [2.24, 2.45) is 7.05 Å². The van der Waals surface area contributed by atoms with Gasteiger partial charge in [0.05, 0.1) is 22.3 Å². The van der Waals surface area contributed by atoms with E-state index in [-0.39, 0.29) is 27.9 Å². The lowest BCUT2D eigenvalue weighted by Gasteiger charge is -2.30. The zero-order valence-corrected chi connectivity index (χ0v) is 17.3. The summed E-state index contributed by atoms with van der Waals surface area (Å²) in [6, 6.07) is 3.64. The van der Waals surface area contributed by atoms with Gasteiger partial charge in [0, 0.05) is 25.4 Å². The highest BCUT2D eigenvalue weighted by Crippen LogP contribution is 2.43. The molecule has 10 nitrogen and oxygen atoms in total. The Bertz CT molecular complexity index is 1260. The Kier molecular flexibility index (Phi) is 5.24. The van der Waals surface area contributed by atoms with Crippen LogP contribution in [0.25, 0.3) is 0 Å². The number of hydrogen-bond acceptors (Lipinski definition) is 8. The number of benzene rings is 1. The van der Waals surface area contributed by atoms with Crippen molar-refractivity contribution >= 4 is 29.2 Å². The molecule has 0 amide bonds. The number of fused-ring (bicyclic) bond motifs is 1. The number of hydrogen-bond donors (Lipinski definition) is 1. The molecule has 1 N–H and O–H groups in total. The van der Waals surface area contributed by atoms with E-state index in [1.54, 1.807) is 6.26 Å². The quantitative estimate of drug-likeness (QED) is 0.264. The maximum absolute atomic E-state index is 14.1. The van der Waals surface area contributed by atoms with Gasteiger partial charge in [-0.1, -0.05) is 23.9 Å². The number of nitro groups is 1. The zero-order chi connectivity index (χ0) is 23.2. The van der Waals surface area contributed by atoms with Gasteiger partial charge in [0.15, 0.2) is 5.78 Å². The minimum Gasteiger partial charge on any atom is -0.320 e. The van der Waals surface area contributed by atoms with Crippen LogP contribution in [0.15, 0.2) is 53.1 Å². The normalized spacial score (nSPS) is 16.0. The Hall–Kier alpha value is -3.68. The Labute approximate surface area is 182 Å². The van der Waals surface area contributed by atoms with Crippen LogP contribution in [-0.2, 0) is 7.05 Å². The summed E-state index contributed by atoms with van der Waals surface area (Å²) in [6.07, 6.45) is -0.859. The molecule has 0 saturated carbocycles. The number of nitrogens with one attached hydrogen (secondary N) is 1. The standard InChI is InChI=1S/C18H14F3N7O3S/c1-26-8-10(7-22-26)14(29)12-13(9-4-3-5-11(6-9)28(30)31)27-16(24-17(25-27)32-2)23-15(12)18(19,20)21/h3-8,13H,1-2H3,(H,23,24,25). The van der Waals surface area contributed by atoms with E-state index < -0.39 is 34.2 Å². The van der Waals surface area contributed by atoms with E-state index in [0.717, 1.165) is 28.7 Å². The number of aromatic nitrogens is 5. The van der Waals surface area contributed by atoms with Crippen LogP contribution in [0.3, 0.4) is 0 Å². The average Bonchev–Trinajstić information content (AvgIpc) is 3.37. The highest BCUT2D eigenvalue weighted by Gasteiger charge is 2.46. The minimum atomic E-state index is -4.94. The van der Waals surface area contributed by atoms with Crippen molar-refractivity contribution in [1.82, 2.24) is 24.5 Å². The molecule has 2 aromatic heterocycles. The van der Waals surface area contributed by atoms with Crippen LogP contribution in [0.5, 0.6) is 0 Å². The van der Waals surface area contributed by atoms with E-state index in [1.165, 1.54) is 36.1 Å². The van der Waals surface area contributed by atoms with Crippen molar-refractivity contribution in [3.05, 3.63) is 69.2 Å². The Morgan fingerprint density at radius 2 is 2.09 bits per heavy atom. The van der Waals surface area contributed by atoms with Gasteiger partial charge in [-0.15, -0.1) is 5.10 Å². The van der Waals surface area contributed by atoms with Crippen LogP contribution < -0.4 is 5.32 Å². The fourth-order valence-electron chi connectivity index (χ4n) is 3.37. The molecule has 0 spiro atoms. The van der Waals surface area contributed by atoms with Crippen molar-refractivity contribution in [3.63, 3.8) is 0 Å². The summed E-state index contributed by atoms with van der Waals surface area (Å²) < 4.78 is 44.7. The van der Waals surface area contributed by atoms with Gasteiger partial charge >= 0.3 is 6.18 Å². The first-order chi connectivity index (χ1) is 15.1. The molecule has 1 aliphatic rings. The lowest BCUT2D eigenvalue weighted by atomic mass is 9.90. The van der Waals surface area contributed by atoms with E-state index in [1.807, 2.05) is 0 Å². The van der Waals surface area contributed by atoms with E-state index in [2.05, 4.69) is 20.5 Å². The van der Waals surface area contributed by atoms with E-state index in [4.69, 9.17) is 0 Å². The number of anilines is 1. The molecule has 3 heterocycles. The van der Waals surface area contributed by atoms with Crippen molar-refractivity contribution in [2.45, 2.75) is 17.4 Å². The highest BCUT2D eigenvalue weighted by molar-refractivity contribution is 7.98. The Morgan fingerprint density at radius 1 is 1.34 bits per heavy atom. The van der Waals surface area contributed by atoms with Gasteiger partial charge < -0.3 is 5.32 Å². The number of nitro benzene ring substituents is 1. The van der Waals surface area contributed by atoms with Gasteiger partial charge in [-0.3, -0.25) is 19.6 Å². The largest absolute Gasteiger partial charge is 0.431 e. The second-order valence-corrected chi connectivity index (χ2v) is 7.54. The predicted molar refractivity (Wildman–Crippen MR) is 107 cm³/mol. The predicted octanol–water partition coefficient (Wildman–Crippen LogP) is 3.36. The summed E-state index contributed by atoms with van der Waals surface area (Å²) in [5.74, 6) is -1.18. The molecular weight excluding hydrogens is 451 g/mol. The molecule has 0 aliphatic carbocycles. The van der Waals surface area contributed by atoms with Gasteiger partial charge in [-0.05, 0) is 11.8 Å². The molecule has 4 rings (SSSR count). The van der Waals surface area contributed by atoms with Crippen molar-refractivity contribution in [3.8, 4) is 0 Å². The van der Waals surface area contributed by atoms with Crippen LogP contribution in [0.2, 0.25) is 0 Å². The second kappa shape index (κ2) is 7.78. The molecule has 1 atom stereocenters. The molecule has 166 valence electrons. The number of non-ortho nitro benzene ring substituents is 1. The number of carbonyl (C=O) groups is 1. The summed E-state index contributed by atoms with van der Waals surface area (Å²) in [7, 11) is 1.52. The topological polar surface area (TPSA) is 121 Å². The SMILES string of the molecule is CSc1nc2n(n1)C(c1cccc([N+](=O)[O-])c1)C(C(=O)c1cnn(C)c1)=C(C(F)(F)F)N2. The number of carbonyl (C=O) groups excluding carboxylic acids is 1. The number of ketones is 1. The fourth-order valence-corrected chi connectivity index (χ4v) is 3.71. The summed E-state index contributed by atoms with van der Waals surface area (Å²) in [4.78, 5) is 28.0. The molecular formula is C18H14F3N7O3S. The van der Waals surface area contributed by atoms with Crippen LogP contribution in [-0.4, -0.2) is 47.7 Å². The van der Waals surface area contributed by atoms with Crippen LogP contribution in [0.1, 0.15) is 22.0 Å². The molecule has 0 bridgehead atoms. The van der Waals surface area contributed by atoms with Crippen LogP contribution in [0.4, 0.5) is 24.8 Å². The second-order valence-electron chi connectivity index (χ2n) is 6.76. The van der Waals surface area contributed by atoms with Crippen molar-refractivity contribution in [1.29, 1.82) is 0 Å². The number of Topliss-reactive ketones (excluding diaryl/α,β-unsaturated/α-hetero) is 1. The molecule has 32 heavy (non-hydrogen) atoms. The van der Waals surface area contributed by atoms with Gasteiger partial charge in [-0.2, -0.15) is 23.3 Å². The number of aryl methyl sites for hydroxylation is 1. The maximum Gasteiger partial charge on any atom is 0.431 e. The number of rotatable bonds is 5. The molecule has 14 heteroatoms. The minimum absolute atomic E-state index is 0.0739. The molecule has 3 aromatic rings. The average molecular weight is 465 g/mol. The summed E-state index contributed by atoms with van der Waals surface area (Å²) in [6.45, 7) is 0. The van der Waals surface area contributed by atoms with E-state index in [9.17, 15) is 28.1 Å². The van der Waals surface area contributed by atoms with Gasteiger partial charge in [0.25, 0.3) is 5.69 Å². The highest BCUT2D eigenvalue weighted by atomic mass is 32.2. The molecule has 0 saturated heterocycles. The first-order valence-corrected chi connectivity index (χ1v) is 10.2. The van der Waals surface area contributed by atoms with Crippen molar-refractivity contribution < 1.29 is 22.9 Å². The summed E-state index contributed by atoms with van der Waals surface area (Å²) >= 11 is 1.10. The third kappa shape index (κ3) is 3.72. The van der Waals surface area contributed by atoms with Crippen LogP contribution >= 0.6 is 11.8 Å². The van der Waals surface area contributed by atoms with E-state index >= 15 is 0 Å². The number of halogens is 3. The molecule has 1 unspecified atom stereocenters. The van der Waals surface area contributed by atoms with Crippen molar-refractivity contribution in [2.75, 3.05) is 11.6 Å². The Morgan fingerprint density at radius 3 is 2.69 bits per heavy atom. The third-order valence-electron chi connectivity index (χ3n) is 4.71. The zero-order valence-electron chi connectivity index (χ0n) is 16.5. The first-order valence-electron chi connectivity index (χ1n) is 8.96. The van der Waals surface area contributed by atoms with Gasteiger partial charge in [-0.25, -0.2) is 4.68 Å². The summed E-state index contributed by atoms with van der Waals surface area (Å²) in [5, 5.41) is 21.7. The number of thioether (sulfide) groups is 1. The van der Waals surface area contributed by atoms with Gasteiger partial charge in [0.2, 0.25) is 11.1 Å². The lowest BCUT2D eigenvalue weighted by molar-refractivity contribution is -0.384. The number of nitrogens with zero attached hydrogens (tertiary/aromatic N) is 6. The third-order valence-corrected chi connectivity index (χ3v) is 5.25. The number of alkyl halides is 3. The van der Waals surface area contributed by atoms with Crippen LogP contribution in [0, 0.1) is 10.1 Å². The smallest absolute Gasteiger partial charge is 0.320 e. The summed E-state index contributed by atoms with van der Waals surface area (Å²) in [5.41, 5.74) is -2.32. The maximum atomic E-state index is 14.1. The number of allylic oxidation sites excluding steroid dienone is 2. The monoisotopic (exact) mass is 465 g/mol. The molecule has 0 fully saturated rings. The first kappa shape index (κ1) is 21.5. The fraction of sp³-hybridized carbons (Fsp3) is 0.222. The Balaban J connectivity index is 2.01. The molecule has 1 aromatic carbocycles. The van der Waals surface area contributed by atoms with Gasteiger partial charge in [0.1, 0.15) is 11.7 Å².